The highest BCUT2D eigenvalue weighted by Gasteiger charge is 2.12. The normalized spacial score (nSPS) is 9.67. The minimum Gasteiger partial charge on any atom is -0.300 e. The van der Waals surface area contributed by atoms with Crippen LogP contribution in [0.5, 0.6) is 0 Å². The van der Waals surface area contributed by atoms with Crippen molar-refractivity contribution in [2.45, 2.75) is 13.0 Å². The lowest BCUT2D eigenvalue weighted by Gasteiger charge is -2.04. The van der Waals surface area contributed by atoms with Crippen LogP contribution in [0.15, 0.2) is 17.1 Å². The Labute approximate surface area is 83.6 Å². The van der Waals surface area contributed by atoms with Crippen molar-refractivity contribution in [3.8, 4) is 12.1 Å². The Balaban J connectivity index is 3.42. The molecule has 0 aliphatic carbocycles. The second-order valence-electron chi connectivity index (χ2n) is 2.69. The van der Waals surface area contributed by atoms with Crippen molar-refractivity contribution in [2.24, 2.45) is 0 Å². The molecule has 1 aromatic heterocycles. The van der Waals surface area contributed by atoms with Crippen LogP contribution in [0.25, 0.3) is 0 Å². The third-order valence-corrected chi connectivity index (χ3v) is 1.72. The average Bonchev–Trinajstić information content (AvgIpc) is 2.21. The van der Waals surface area contributed by atoms with Gasteiger partial charge in [-0.25, -0.2) is 8.78 Å². The zero-order valence-electron chi connectivity index (χ0n) is 7.44. The molecule has 1 aromatic rings. The molecule has 0 saturated carbocycles. The van der Waals surface area contributed by atoms with Crippen LogP contribution in [0.3, 0.4) is 0 Å². The molecule has 0 aliphatic rings. The molecule has 15 heavy (non-hydrogen) atoms. The molecule has 0 fully saturated rings. The van der Waals surface area contributed by atoms with Crippen molar-refractivity contribution in [3.05, 3.63) is 33.7 Å². The first kappa shape index (κ1) is 10.9. The maximum absolute atomic E-state index is 12.3. The summed E-state index contributed by atoms with van der Waals surface area (Å²) in [7, 11) is 0. The fourth-order valence-corrected chi connectivity index (χ4v) is 1.05. The van der Waals surface area contributed by atoms with Crippen molar-refractivity contribution in [2.75, 3.05) is 0 Å². The van der Waals surface area contributed by atoms with Crippen LogP contribution < -0.4 is 5.56 Å². The van der Waals surface area contributed by atoms with E-state index in [9.17, 15) is 13.6 Å². The van der Waals surface area contributed by atoms with Gasteiger partial charge in [0.05, 0.1) is 6.07 Å². The molecule has 0 N–H and O–H groups in total. The molecular weight excluding hydrogens is 204 g/mol. The van der Waals surface area contributed by atoms with Gasteiger partial charge in [-0.2, -0.15) is 10.5 Å². The summed E-state index contributed by atoms with van der Waals surface area (Å²) in [6.45, 7) is -0.353. The highest BCUT2D eigenvalue weighted by atomic mass is 19.3. The predicted octanol–water partition coefficient (Wildman–Crippen LogP) is 1.18. The van der Waals surface area contributed by atoms with E-state index in [1.54, 1.807) is 6.07 Å². The van der Waals surface area contributed by atoms with E-state index >= 15 is 0 Å². The summed E-state index contributed by atoms with van der Waals surface area (Å²) in [5, 5.41) is 16.9. The van der Waals surface area contributed by atoms with E-state index in [1.807, 2.05) is 0 Å². The van der Waals surface area contributed by atoms with E-state index in [-0.39, 0.29) is 12.1 Å². The Kier molecular flexibility index (Phi) is 3.14. The number of nitrogens with zero attached hydrogens (tertiary/aromatic N) is 3. The minimum absolute atomic E-state index is 0.353. The van der Waals surface area contributed by atoms with Crippen molar-refractivity contribution >= 4 is 0 Å². The highest BCUT2D eigenvalue weighted by molar-refractivity contribution is 5.30. The standard InChI is InChI=1S/C9H5F2N3O/c10-8(11)7-3-6(4-13)9(15)14(5-7)2-1-12/h3,5,8H,2H2. The molecular formula is C9H5F2N3O. The molecule has 0 spiro atoms. The first-order valence-corrected chi connectivity index (χ1v) is 3.89. The molecule has 0 aliphatic heterocycles. The second kappa shape index (κ2) is 4.34. The fourth-order valence-electron chi connectivity index (χ4n) is 1.05. The second-order valence-corrected chi connectivity index (χ2v) is 2.69. The summed E-state index contributed by atoms with van der Waals surface area (Å²) in [4.78, 5) is 11.3. The van der Waals surface area contributed by atoms with Gasteiger partial charge in [0.1, 0.15) is 18.2 Å². The molecule has 6 heteroatoms. The molecule has 76 valence electrons. The van der Waals surface area contributed by atoms with Gasteiger partial charge in [0, 0.05) is 11.8 Å². The molecule has 0 unspecified atom stereocenters. The van der Waals surface area contributed by atoms with Gasteiger partial charge in [-0.05, 0) is 6.07 Å². The molecule has 0 bridgehead atoms. The van der Waals surface area contributed by atoms with Crippen molar-refractivity contribution in [1.82, 2.24) is 4.57 Å². The Morgan fingerprint density at radius 3 is 2.60 bits per heavy atom. The predicted molar refractivity (Wildman–Crippen MR) is 46.0 cm³/mol. The molecule has 1 heterocycles. The monoisotopic (exact) mass is 209 g/mol. The molecule has 0 radical (unpaired) electrons. The van der Waals surface area contributed by atoms with Crippen LogP contribution in [-0.4, -0.2) is 4.57 Å². The summed E-state index contributed by atoms with van der Waals surface area (Å²) in [6, 6.07) is 4.00. The van der Waals surface area contributed by atoms with Gasteiger partial charge in [0.25, 0.3) is 12.0 Å². The van der Waals surface area contributed by atoms with Gasteiger partial charge < -0.3 is 4.57 Å². The number of hydrogen-bond acceptors (Lipinski definition) is 3. The van der Waals surface area contributed by atoms with Crippen LogP contribution in [0.2, 0.25) is 0 Å². The SMILES string of the molecule is N#CCn1cc(C(F)F)cc(C#N)c1=O. The molecule has 0 saturated heterocycles. The Bertz CT molecular complexity index is 508. The van der Waals surface area contributed by atoms with Crippen LogP contribution in [0.4, 0.5) is 8.78 Å². The smallest absolute Gasteiger partial charge is 0.269 e. The summed E-state index contributed by atoms with van der Waals surface area (Å²) in [5.74, 6) is 0. The lowest BCUT2D eigenvalue weighted by Crippen LogP contribution is -2.22. The van der Waals surface area contributed by atoms with Gasteiger partial charge in [-0.1, -0.05) is 0 Å². The summed E-state index contributed by atoms with van der Waals surface area (Å²) >= 11 is 0. The number of pyridine rings is 1. The molecule has 0 atom stereocenters. The van der Waals surface area contributed by atoms with Crippen molar-refractivity contribution < 1.29 is 8.78 Å². The number of alkyl halides is 2. The number of rotatable bonds is 2. The minimum atomic E-state index is -2.78. The summed E-state index contributed by atoms with van der Waals surface area (Å²) in [5.41, 5.74) is -1.56. The average molecular weight is 209 g/mol. The van der Waals surface area contributed by atoms with Gasteiger partial charge in [0.2, 0.25) is 0 Å². The maximum atomic E-state index is 12.3. The molecule has 4 nitrogen and oxygen atoms in total. The summed E-state index contributed by atoms with van der Waals surface area (Å²) in [6.07, 6.45) is -1.89. The van der Waals surface area contributed by atoms with Gasteiger partial charge in [0.15, 0.2) is 0 Å². The van der Waals surface area contributed by atoms with Gasteiger partial charge >= 0.3 is 0 Å². The van der Waals surface area contributed by atoms with Gasteiger partial charge in [-0.15, -0.1) is 0 Å². The quantitative estimate of drug-likeness (QED) is 0.734. The maximum Gasteiger partial charge on any atom is 0.269 e. The van der Waals surface area contributed by atoms with E-state index in [0.29, 0.717) is 0 Å². The van der Waals surface area contributed by atoms with Crippen molar-refractivity contribution in [3.63, 3.8) is 0 Å². The Morgan fingerprint density at radius 2 is 2.13 bits per heavy atom. The zero-order valence-corrected chi connectivity index (χ0v) is 7.44. The van der Waals surface area contributed by atoms with Gasteiger partial charge in [-0.3, -0.25) is 4.79 Å². The van der Waals surface area contributed by atoms with Crippen LogP contribution in [0.1, 0.15) is 17.6 Å². The van der Waals surface area contributed by atoms with E-state index in [4.69, 9.17) is 10.5 Å². The zero-order chi connectivity index (χ0) is 11.4. The number of nitriles is 2. The number of aromatic nitrogens is 1. The topological polar surface area (TPSA) is 69.6 Å². The first-order chi connectivity index (χ1) is 7.10. The molecule has 1 rings (SSSR count). The lowest BCUT2D eigenvalue weighted by atomic mass is 10.2. The van der Waals surface area contributed by atoms with Crippen LogP contribution in [0, 0.1) is 22.7 Å². The number of hydrogen-bond donors (Lipinski definition) is 0. The third-order valence-electron chi connectivity index (χ3n) is 1.72. The van der Waals surface area contributed by atoms with E-state index in [0.717, 1.165) is 16.8 Å². The molecule has 0 amide bonds. The largest absolute Gasteiger partial charge is 0.300 e. The molecule has 0 aromatic carbocycles. The Morgan fingerprint density at radius 1 is 1.47 bits per heavy atom. The summed E-state index contributed by atoms with van der Waals surface area (Å²) < 4.78 is 25.4. The van der Waals surface area contributed by atoms with E-state index in [1.165, 1.54) is 6.07 Å². The van der Waals surface area contributed by atoms with Crippen molar-refractivity contribution in [1.29, 1.82) is 10.5 Å². The van der Waals surface area contributed by atoms with E-state index in [2.05, 4.69) is 0 Å². The van der Waals surface area contributed by atoms with Crippen LogP contribution in [-0.2, 0) is 6.54 Å². The highest BCUT2D eigenvalue weighted by Crippen LogP contribution is 2.17. The third kappa shape index (κ3) is 2.18. The Hall–Kier alpha value is -2.21. The van der Waals surface area contributed by atoms with Crippen LogP contribution >= 0.6 is 0 Å². The van der Waals surface area contributed by atoms with E-state index < -0.39 is 17.5 Å². The fraction of sp³-hybridized carbons (Fsp3) is 0.222. The number of halogens is 2. The lowest BCUT2D eigenvalue weighted by molar-refractivity contribution is 0.150. The first-order valence-electron chi connectivity index (χ1n) is 3.89.